The standard InChI is InChI=1S/C19H20N4O3S/c1-13(14-6-4-3-5-7-14)19(24)22-17-8-15(16-11-21-23(2)12-16)9-18(10-17)27(20,25)26/h3-13H,1-2H3,(H,22,24)(H2,20,25,26)/t13-/m0/s1. The highest BCUT2D eigenvalue weighted by Gasteiger charge is 2.18. The van der Waals surface area contributed by atoms with Crippen molar-refractivity contribution in [1.29, 1.82) is 0 Å². The summed E-state index contributed by atoms with van der Waals surface area (Å²) in [6.45, 7) is 1.79. The maximum Gasteiger partial charge on any atom is 0.238 e. The number of nitrogens with one attached hydrogen (secondary N) is 1. The highest BCUT2D eigenvalue weighted by molar-refractivity contribution is 7.89. The van der Waals surface area contributed by atoms with Gasteiger partial charge in [-0.05, 0) is 36.2 Å². The first-order chi connectivity index (χ1) is 12.7. The lowest BCUT2D eigenvalue weighted by atomic mass is 10.0. The van der Waals surface area contributed by atoms with Gasteiger partial charge >= 0.3 is 0 Å². The summed E-state index contributed by atoms with van der Waals surface area (Å²) in [6.07, 6.45) is 3.36. The van der Waals surface area contributed by atoms with Crippen LogP contribution >= 0.6 is 0 Å². The number of nitrogens with two attached hydrogens (primary N) is 1. The Hall–Kier alpha value is -2.97. The van der Waals surface area contributed by atoms with E-state index in [0.29, 0.717) is 11.3 Å². The molecule has 0 bridgehead atoms. The smallest absolute Gasteiger partial charge is 0.238 e. The quantitative estimate of drug-likeness (QED) is 0.704. The molecule has 0 fully saturated rings. The van der Waals surface area contributed by atoms with Gasteiger partial charge in [0.15, 0.2) is 0 Å². The molecule has 3 aromatic rings. The molecule has 0 spiro atoms. The van der Waals surface area contributed by atoms with Crippen molar-refractivity contribution in [2.45, 2.75) is 17.7 Å². The predicted molar refractivity (Wildman–Crippen MR) is 104 cm³/mol. The monoisotopic (exact) mass is 384 g/mol. The van der Waals surface area contributed by atoms with Crippen molar-refractivity contribution in [3.05, 3.63) is 66.5 Å². The number of carbonyl (C=O) groups is 1. The van der Waals surface area contributed by atoms with Crippen LogP contribution in [0.3, 0.4) is 0 Å². The highest BCUT2D eigenvalue weighted by atomic mass is 32.2. The summed E-state index contributed by atoms with van der Waals surface area (Å²) >= 11 is 0. The van der Waals surface area contributed by atoms with Crippen LogP contribution in [0.4, 0.5) is 5.69 Å². The van der Waals surface area contributed by atoms with E-state index in [0.717, 1.165) is 11.1 Å². The normalized spacial score (nSPS) is 12.6. The van der Waals surface area contributed by atoms with E-state index in [1.165, 1.54) is 12.1 Å². The van der Waals surface area contributed by atoms with Gasteiger partial charge in [-0.1, -0.05) is 30.3 Å². The highest BCUT2D eigenvalue weighted by Crippen LogP contribution is 2.27. The number of carbonyl (C=O) groups excluding carboxylic acids is 1. The average molecular weight is 384 g/mol. The van der Waals surface area contributed by atoms with Gasteiger partial charge in [0.05, 0.1) is 17.0 Å². The molecule has 0 aliphatic carbocycles. The molecule has 2 aromatic carbocycles. The SMILES string of the molecule is C[C@H](C(=O)Nc1cc(-c2cnn(C)c2)cc(S(N)(=O)=O)c1)c1ccccc1. The summed E-state index contributed by atoms with van der Waals surface area (Å²) in [7, 11) is -2.17. The molecule has 1 amide bonds. The number of benzene rings is 2. The number of rotatable bonds is 5. The van der Waals surface area contributed by atoms with Crippen molar-refractivity contribution in [1.82, 2.24) is 9.78 Å². The summed E-state index contributed by atoms with van der Waals surface area (Å²) in [5.74, 6) is -0.643. The topological polar surface area (TPSA) is 107 Å². The molecule has 140 valence electrons. The third-order valence-electron chi connectivity index (χ3n) is 4.23. The number of sulfonamides is 1. The molecule has 1 heterocycles. The predicted octanol–water partition coefficient (Wildman–Crippen LogP) is 2.48. The van der Waals surface area contributed by atoms with E-state index < -0.39 is 15.9 Å². The van der Waals surface area contributed by atoms with Crippen LogP contribution in [0.25, 0.3) is 11.1 Å². The molecule has 3 rings (SSSR count). The van der Waals surface area contributed by atoms with Gasteiger partial charge < -0.3 is 5.32 Å². The first-order valence-corrected chi connectivity index (χ1v) is 9.81. The van der Waals surface area contributed by atoms with Gasteiger partial charge in [-0.15, -0.1) is 0 Å². The van der Waals surface area contributed by atoms with Crippen molar-refractivity contribution >= 4 is 21.6 Å². The fraction of sp³-hybridized carbons (Fsp3) is 0.158. The van der Waals surface area contributed by atoms with Gasteiger partial charge in [0, 0.05) is 24.5 Å². The van der Waals surface area contributed by atoms with Gasteiger partial charge in [0.1, 0.15) is 0 Å². The maximum atomic E-state index is 12.6. The van der Waals surface area contributed by atoms with Crippen molar-refractivity contribution < 1.29 is 13.2 Å². The Morgan fingerprint density at radius 1 is 1.15 bits per heavy atom. The molecular formula is C19H20N4O3S. The van der Waals surface area contributed by atoms with Crippen LogP contribution in [0.5, 0.6) is 0 Å². The van der Waals surface area contributed by atoms with Crippen LogP contribution in [0, 0.1) is 0 Å². The number of hydrogen-bond donors (Lipinski definition) is 2. The van der Waals surface area contributed by atoms with Crippen molar-refractivity contribution in [2.24, 2.45) is 12.2 Å². The summed E-state index contributed by atoms with van der Waals surface area (Å²) < 4.78 is 25.3. The Kier molecular flexibility index (Phi) is 5.11. The van der Waals surface area contributed by atoms with Crippen LogP contribution < -0.4 is 10.5 Å². The van der Waals surface area contributed by atoms with Crippen LogP contribution in [-0.4, -0.2) is 24.1 Å². The Bertz CT molecular complexity index is 1080. The minimum atomic E-state index is -3.94. The van der Waals surface area contributed by atoms with Gasteiger partial charge in [0.25, 0.3) is 0 Å². The molecule has 27 heavy (non-hydrogen) atoms. The number of aromatic nitrogens is 2. The molecular weight excluding hydrogens is 364 g/mol. The Balaban J connectivity index is 1.96. The fourth-order valence-electron chi connectivity index (χ4n) is 2.72. The summed E-state index contributed by atoms with van der Waals surface area (Å²) in [5.41, 5.74) is 2.53. The summed E-state index contributed by atoms with van der Waals surface area (Å²) in [4.78, 5) is 12.5. The number of hydrogen-bond acceptors (Lipinski definition) is 4. The molecule has 0 saturated carbocycles. The zero-order chi connectivity index (χ0) is 19.6. The zero-order valence-electron chi connectivity index (χ0n) is 15.0. The van der Waals surface area contributed by atoms with Crippen molar-refractivity contribution in [3.8, 4) is 11.1 Å². The first kappa shape index (κ1) is 18.8. The maximum absolute atomic E-state index is 12.6. The Labute approximate surface area is 157 Å². The minimum Gasteiger partial charge on any atom is -0.326 e. The van der Waals surface area contributed by atoms with Gasteiger partial charge in [-0.3, -0.25) is 9.48 Å². The molecule has 1 aromatic heterocycles. The first-order valence-electron chi connectivity index (χ1n) is 8.27. The van der Waals surface area contributed by atoms with E-state index in [-0.39, 0.29) is 10.8 Å². The number of primary sulfonamides is 1. The molecule has 1 atom stereocenters. The molecule has 3 N–H and O–H groups in total. The van der Waals surface area contributed by atoms with Crippen molar-refractivity contribution in [3.63, 3.8) is 0 Å². The van der Waals surface area contributed by atoms with Crippen LogP contribution in [0.15, 0.2) is 65.8 Å². The lowest BCUT2D eigenvalue weighted by molar-refractivity contribution is -0.117. The van der Waals surface area contributed by atoms with Crippen LogP contribution in [-0.2, 0) is 21.9 Å². The average Bonchev–Trinajstić information content (AvgIpc) is 3.07. The van der Waals surface area contributed by atoms with Crippen molar-refractivity contribution in [2.75, 3.05) is 5.32 Å². The van der Waals surface area contributed by atoms with E-state index in [1.54, 1.807) is 37.1 Å². The summed E-state index contributed by atoms with van der Waals surface area (Å²) in [6, 6.07) is 13.8. The van der Waals surface area contributed by atoms with E-state index in [4.69, 9.17) is 5.14 Å². The van der Waals surface area contributed by atoms with E-state index in [2.05, 4.69) is 10.4 Å². The second kappa shape index (κ2) is 7.34. The number of amides is 1. The zero-order valence-corrected chi connectivity index (χ0v) is 15.8. The third kappa shape index (κ3) is 4.42. The number of anilines is 1. The number of aryl methyl sites for hydroxylation is 1. The third-order valence-corrected chi connectivity index (χ3v) is 5.13. The molecule has 0 aliphatic heterocycles. The molecule has 0 saturated heterocycles. The molecule has 0 radical (unpaired) electrons. The Morgan fingerprint density at radius 2 is 1.85 bits per heavy atom. The molecule has 7 nitrogen and oxygen atoms in total. The van der Waals surface area contributed by atoms with Gasteiger partial charge in [0.2, 0.25) is 15.9 Å². The minimum absolute atomic E-state index is 0.0773. The fourth-order valence-corrected chi connectivity index (χ4v) is 3.30. The summed E-state index contributed by atoms with van der Waals surface area (Å²) in [5, 5.41) is 12.2. The Morgan fingerprint density at radius 3 is 2.44 bits per heavy atom. The van der Waals surface area contributed by atoms with Crippen LogP contribution in [0.2, 0.25) is 0 Å². The second-order valence-corrected chi connectivity index (χ2v) is 7.88. The molecule has 8 heteroatoms. The van der Waals surface area contributed by atoms with Gasteiger partial charge in [-0.2, -0.15) is 5.10 Å². The lowest BCUT2D eigenvalue weighted by Gasteiger charge is -2.14. The lowest BCUT2D eigenvalue weighted by Crippen LogP contribution is -2.19. The van der Waals surface area contributed by atoms with E-state index in [9.17, 15) is 13.2 Å². The largest absolute Gasteiger partial charge is 0.326 e. The molecule has 0 aliphatic rings. The molecule has 0 unspecified atom stereocenters. The number of nitrogens with zero attached hydrogens (tertiary/aromatic N) is 2. The van der Waals surface area contributed by atoms with Crippen LogP contribution in [0.1, 0.15) is 18.4 Å². The van der Waals surface area contributed by atoms with E-state index >= 15 is 0 Å². The van der Waals surface area contributed by atoms with E-state index in [1.807, 2.05) is 30.3 Å². The second-order valence-electron chi connectivity index (χ2n) is 6.32. The van der Waals surface area contributed by atoms with Gasteiger partial charge in [-0.25, -0.2) is 13.6 Å².